The summed E-state index contributed by atoms with van der Waals surface area (Å²) in [5.41, 5.74) is 0. The molecule has 0 aromatic rings. The van der Waals surface area contributed by atoms with Gasteiger partial charge >= 0.3 is 25.8 Å². The van der Waals surface area contributed by atoms with Gasteiger partial charge in [-0.2, -0.15) is 0 Å². The predicted octanol–water partition coefficient (Wildman–Crippen LogP) is -1.93. The van der Waals surface area contributed by atoms with Crippen molar-refractivity contribution in [3.05, 3.63) is 11.8 Å². The Bertz CT molecular complexity index is 15.7. The van der Waals surface area contributed by atoms with E-state index in [9.17, 15) is 0 Å². The van der Waals surface area contributed by atoms with Crippen molar-refractivity contribution in [2.45, 2.75) is 0 Å². The fraction of sp³-hybridized carbons (Fsp3) is 0. The van der Waals surface area contributed by atoms with Crippen molar-refractivity contribution in [1.82, 2.24) is 0 Å². The summed E-state index contributed by atoms with van der Waals surface area (Å²) in [6, 6.07) is 0. The molecule has 7 heteroatoms. The van der Waals surface area contributed by atoms with E-state index in [0.29, 0.717) is 21.0 Å². The van der Waals surface area contributed by atoms with Gasteiger partial charge in [0, 0.05) is 0 Å². The van der Waals surface area contributed by atoms with Crippen LogP contribution in [-0.4, -0.2) is 21.0 Å². The van der Waals surface area contributed by atoms with Crippen molar-refractivity contribution in [1.29, 1.82) is 0 Å². The molecule has 0 heterocycles. The van der Waals surface area contributed by atoms with E-state index < -0.39 is 0 Å². The molecule has 0 unspecified atom stereocenters. The van der Waals surface area contributed by atoms with Gasteiger partial charge in [0.25, 0.3) is 0 Å². The van der Waals surface area contributed by atoms with Crippen LogP contribution in [0.1, 0.15) is 0 Å². The molecule has 0 aliphatic heterocycles. The maximum Gasteiger partial charge on any atom is 4.00 e. The molecule has 0 aromatic carbocycles. The first kappa shape index (κ1) is 15.7. The Hall–Kier alpha value is 1.14. The van der Waals surface area contributed by atoms with Crippen molar-refractivity contribution in [3.8, 4) is 0 Å². The van der Waals surface area contributed by atoms with Crippen molar-refractivity contribution < 1.29 is 34.9 Å². The van der Waals surface area contributed by atoms with Crippen LogP contribution < -0.4 is 0 Å². The summed E-state index contributed by atoms with van der Waals surface area (Å²) >= 11 is 0. The van der Waals surface area contributed by atoms with Crippen molar-refractivity contribution >= 4 is 21.0 Å². The van der Waals surface area contributed by atoms with E-state index in [1.165, 1.54) is 0 Å². The van der Waals surface area contributed by atoms with Crippen LogP contribution in [0.15, 0.2) is 0 Å². The molecule has 0 atom stereocenters. The van der Waals surface area contributed by atoms with Crippen LogP contribution in [0, 0.1) is 0 Å². The Labute approximate surface area is 67.7 Å². The average Bonchev–Trinajstić information content (AvgIpc) is 1.39. The maximum atomic E-state index is 7.13. The molecule has 0 fully saturated rings. The van der Waals surface area contributed by atoms with Crippen LogP contribution in [0.5, 0.6) is 0 Å². The van der Waals surface area contributed by atoms with Gasteiger partial charge in [-0.15, -0.1) is 0 Å². The molecule has 0 spiro atoms. The zero-order chi connectivity index (χ0) is 5.41. The summed E-state index contributed by atoms with van der Waals surface area (Å²) < 4.78 is 6.78. The third kappa shape index (κ3) is 144. The maximum absolute atomic E-state index is 7.13. The van der Waals surface area contributed by atoms with E-state index in [2.05, 4.69) is 9.05 Å². The predicted molar refractivity (Wildman–Crippen MR) is 28.8 cm³/mol. The Balaban J connectivity index is -0.0000000400. The second-order valence-corrected chi connectivity index (χ2v) is 1.10. The van der Waals surface area contributed by atoms with E-state index in [-0.39, 0.29) is 25.8 Å². The molecule has 0 saturated heterocycles. The second kappa shape index (κ2) is 27.3. The summed E-state index contributed by atoms with van der Waals surface area (Å²) in [5.74, 6) is 14.3. The normalized spacial score (nSPS) is 6.00. The molecule has 0 aliphatic carbocycles. The number of rotatable bonds is 0. The molecule has 0 aromatic heterocycles. The van der Waals surface area contributed by atoms with Crippen molar-refractivity contribution in [2.75, 3.05) is 0 Å². The van der Waals surface area contributed by atoms with E-state index in [0.717, 1.165) is 0 Å². The Morgan fingerprint density at radius 2 is 1.00 bits per heavy atom. The van der Waals surface area contributed by atoms with Crippen molar-refractivity contribution in [2.24, 2.45) is 0 Å². The Morgan fingerprint density at radius 1 is 1.00 bits per heavy atom. The first-order valence-corrected chi connectivity index (χ1v) is 2.81. The van der Waals surface area contributed by atoms with Gasteiger partial charge in [-0.1, -0.05) is 0 Å². The van der Waals surface area contributed by atoms with Gasteiger partial charge in [0.05, 0.1) is 21.0 Å². The van der Waals surface area contributed by atoms with E-state index in [4.69, 9.17) is 11.8 Å². The first-order chi connectivity index (χ1) is 2.83. The summed E-state index contributed by atoms with van der Waals surface area (Å²) in [7, 11) is 0.849. The van der Waals surface area contributed by atoms with Crippen LogP contribution in [0.4, 0.5) is 0 Å². The minimum absolute atomic E-state index is 0. The number of hydrogen-bond acceptors (Lipinski definition) is 2. The van der Waals surface area contributed by atoms with E-state index in [1.54, 1.807) is 0 Å². The smallest absolute Gasteiger partial charge is 1.44 e. The van der Waals surface area contributed by atoms with Gasteiger partial charge in [0.1, 0.15) is 0 Å². The third-order valence-corrected chi connectivity index (χ3v) is 0. The summed E-state index contributed by atoms with van der Waals surface area (Å²) in [6.45, 7) is 0. The van der Waals surface area contributed by atoms with E-state index in [1.807, 2.05) is 0 Å². The Kier molecular flexibility index (Phi) is 61.2. The first-order valence-electron chi connectivity index (χ1n) is 1.18. The molecule has 0 bridgehead atoms. The fourth-order valence-corrected chi connectivity index (χ4v) is 0. The Morgan fingerprint density at radius 3 is 1.00 bits per heavy atom. The van der Waals surface area contributed by atoms with Gasteiger partial charge in [-0.25, -0.2) is 0 Å². The van der Waals surface area contributed by atoms with Crippen LogP contribution in [0.2, 0.25) is 0 Å². The third-order valence-electron chi connectivity index (χ3n) is 0. The number of nitrogens with zero attached hydrogens (tertiary/aromatic N) is 2. The van der Waals surface area contributed by atoms with E-state index >= 15 is 0 Å². The summed E-state index contributed by atoms with van der Waals surface area (Å²) in [5, 5.41) is 0. The molecule has 0 amide bonds. The zero-order valence-corrected chi connectivity index (χ0v) is 11.8. The number of hydrogen-bond donors (Lipinski definition) is 0. The zero-order valence-electron chi connectivity index (χ0n) is 4.21. The van der Waals surface area contributed by atoms with Crippen LogP contribution in [0.25, 0.3) is 11.8 Å². The minimum Gasteiger partial charge on any atom is -1.44 e. The topological polar surface area (TPSA) is 63.1 Å². The second-order valence-electron chi connectivity index (χ2n) is 0.365. The van der Waals surface area contributed by atoms with Crippen molar-refractivity contribution in [3.63, 3.8) is 0 Å². The minimum atomic E-state index is 0. The van der Waals surface area contributed by atoms with Crippen LogP contribution in [-0.2, 0) is 34.9 Å². The van der Waals surface area contributed by atoms with Crippen LogP contribution >= 0.6 is 0 Å². The molecular formula is H6HfN2O2Si2. The largest absolute Gasteiger partial charge is 4.00 e. The fourth-order valence-electron chi connectivity index (χ4n) is 0. The summed E-state index contributed by atoms with van der Waals surface area (Å²) in [4.78, 5) is 0. The molecule has 0 aliphatic rings. The standard InChI is InChI=1S/Hf.2H3NOSi/c;2*1-2-3/h;2*3H3/q+4;2*-2. The molecule has 0 saturated carbocycles. The molecular weight excluding hydrogens is 295 g/mol. The molecule has 7 heavy (non-hydrogen) atoms. The summed E-state index contributed by atoms with van der Waals surface area (Å²) in [6.07, 6.45) is 0. The average molecular weight is 301 g/mol. The van der Waals surface area contributed by atoms with Crippen LogP contribution in [0.3, 0.4) is 0 Å². The molecule has 0 N–H and O–H groups in total. The van der Waals surface area contributed by atoms with Gasteiger partial charge in [-0.05, 0) is 0 Å². The SMILES string of the molecule is [Hf+4].[N-2]O[SiH3].[N-2]O[SiH3]. The molecule has 4 nitrogen and oxygen atoms in total. The van der Waals surface area contributed by atoms with Gasteiger partial charge < -0.3 is 20.8 Å². The molecule has 0 radical (unpaired) electrons. The monoisotopic (exact) mass is 302 g/mol. The molecule has 40 valence electrons. The van der Waals surface area contributed by atoms with Gasteiger partial charge in [0.2, 0.25) is 0 Å². The molecule has 0 rings (SSSR count). The van der Waals surface area contributed by atoms with Gasteiger partial charge in [-0.3, -0.25) is 0 Å². The quantitative estimate of drug-likeness (QED) is 0.386. The van der Waals surface area contributed by atoms with Gasteiger partial charge in [0.15, 0.2) is 0 Å².